The Morgan fingerprint density at radius 3 is 1.43 bits per heavy atom. The fraction of sp³-hybridized carbons (Fsp3) is 0.467. The highest BCUT2D eigenvalue weighted by Gasteiger charge is 2.54. The fourth-order valence-electron chi connectivity index (χ4n) is 7.17. The number of halogens is 1. The van der Waals surface area contributed by atoms with Gasteiger partial charge >= 0.3 is 14.4 Å². The van der Waals surface area contributed by atoms with Crippen LogP contribution in [0.2, 0.25) is 0 Å². The van der Waals surface area contributed by atoms with E-state index in [0.29, 0.717) is 0 Å². The maximum absolute atomic E-state index is 8.26. The molecule has 2 saturated heterocycles. The molecule has 2 aliphatic carbocycles. The maximum Gasteiger partial charge on any atom is 0.640 e. The summed E-state index contributed by atoms with van der Waals surface area (Å²) in [5.74, 6) is 0. The van der Waals surface area contributed by atoms with Gasteiger partial charge in [-0.15, -0.1) is 0 Å². The summed E-state index contributed by atoms with van der Waals surface area (Å²) < 4.78 is 78.7. The van der Waals surface area contributed by atoms with Crippen LogP contribution in [0, 0.1) is 0 Å². The van der Waals surface area contributed by atoms with Crippen LogP contribution in [-0.2, 0) is 34.1 Å². The van der Waals surface area contributed by atoms with Crippen molar-refractivity contribution < 1.29 is 31.5 Å². The normalized spacial score (nSPS) is 26.4. The first-order valence-electron chi connectivity index (χ1n) is 21.5. The Hall–Kier alpha value is -2.65. The van der Waals surface area contributed by atoms with E-state index in [1.807, 2.05) is 168 Å². The Balaban J connectivity index is 0.000000181. The summed E-state index contributed by atoms with van der Waals surface area (Å²) in [6.45, 7) is 19.4. The third-order valence-corrected chi connectivity index (χ3v) is 12.2. The van der Waals surface area contributed by atoms with Crippen molar-refractivity contribution in [1.29, 1.82) is 0 Å². The summed E-state index contributed by atoms with van der Waals surface area (Å²) in [6.07, 6.45) is 0.120. The number of fused-ring (bicyclic) bond motifs is 6. The average Bonchev–Trinajstić information content (AvgIpc) is 3.70. The molecule has 5 nitrogen and oxygen atoms in total. The third-order valence-electron chi connectivity index (χ3n) is 11.8. The molecule has 2 fully saturated rings. The van der Waals surface area contributed by atoms with E-state index in [4.69, 9.17) is 31.5 Å². The first kappa shape index (κ1) is 34.6. The van der Waals surface area contributed by atoms with Gasteiger partial charge in [-0.25, -0.2) is 0 Å². The molecule has 283 valence electrons. The van der Waals surface area contributed by atoms with Gasteiger partial charge in [0.05, 0.1) is 22.4 Å². The van der Waals surface area contributed by atoms with Crippen molar-refractivity contribution in [3.8, 4) is 22.3 Å². The molecule has 0 bridgehead atoms. The van der Waals surface area contributed by atoms with Crippen LogP contribution in [-0.4, -0.2) is 51.4 Å². The van der Waals surface area contributed by atoms with E-state index in [-0.39, 0.29) is 25.7 Å². The van der Waals surface area contributed by atoms with Gasteiger partial charge in [0.25, 0.3) is 0 Å². The van der Waals surface area contributed by atoms with Crippen LogP contribution in [0.4, 0.5) is 0 Å². The molecule has 2 heterocycles. The van der Waals surface area contributed by atoms with Crippen molar-refractivity contribution in [2.75, 3.05) is 0 Å². The minimum atomic E-state index is -2.16. The molecular weight excluding hydrogens is 733 g/mol. The molecule has 0 amide bonds. The van der Waals surface area contributed by atoms with Gasteiger partial charge in [-0.1, -0.05) is 116 Å². The molecule has 4 aliphatic rings. The zero-order chi connectivity index (χ0) is 43.9. The molecule has 4 aromatic carbocycles. The molecule has 54 heavy (non-hydrogen) atoms. The molecule has 0 aromatic heterocycles. The minimum absolute atomic E-state index is 0. The summed E-state index contributed by atoms with van der Waals surface area (Å²) in [6, 6.07) is 27.4. The molecule has 3 radical (unpaired) electrons. The summed E-state index contributed by atoms with van der Waals surface area (Å²) >= 11 is 3.44. The second-order valence-corrected chi connectivity index (χ2v) is 18.1. The van der Waals surface area contributed by atoms with Gasteiger partial charge in [-0.05, 0) is 131 Å². The van der Waals surface area contributed by atoms with Gasteiger partial charge in [0.2, 0.25) is 0 Å². The lowest BCUT2D eigenvalue weighted by Crippen LogP contribution is -2.41. The number of hydrogen-bond donors (Lipinski definition) is 0. The lowest BCUT2D eigenvalue weighted by Gasteiger charge is -2.32. The van der Waals surface area contributed by atoms with E-state index < -0.39 is 50.2 Å². The molecule has 4 aromatic rings. The number of hydrogen-bond acceptors (Lipinski definition) is 5. The molecule has 8 rings (SSSR count). The third kappa shape index (κ3) is 7.58. The summed E-state index contributed by atoms with van der Waals surface area (Å²) in [5, 5.41) is 0. The SMILES string of the molecule is CC(C)OB1OC(C)(C)C(C)(C)O1.[2H]C([2H])([2H])C1(C)c2ccccc2-c2ccc(B3OC(C)(C)C(C)(C)O3)cc21.[2H]C([2H])([2H])C1(C)c2ccccc2-c2ccc(Br)cc21.[B]. The van der Waals surface area contributed by atoms with Crippen molar-refractivity contribution in [3.63, 3.8) is 0 Å². The summed E-state index contributed by atoms with van der Waals surface area (Å²) in [4.78, 5) is 0. The van der Waals surface area contributed by atoms with Gasteiger partial charge in [0.1, 0.15) is 0 Å². The van der Waals surface area contributed by atoms with Crippen LogP contribution in [0.5, 0.6) is 0 Å². The zero-order valence-corrected chi connectivity index (χ0v) is 35.4. The lowest BCUT2D eigenvalue weighted by atomic mass is 9.74. The summed E-state index contributed by atoms with van der Waals surface area (Å²) in [5.41, 5.74) is 4.85. The van der Waals surface area contributed by atoms with Crippen LogP contribution in [0.15, 0.2) is 89.4 Å². The molecule has 0 spiro atoms. The van der Waals surface area contributed by atoms with Crippen LogP contribution < -0.4 is 5.46 Å². The first-order chi connectivity index (χ1) is 27.0. The van der Waals surface area contributed by atoms with E-state index in [0.717, 1.165) is 54.4 Å². The number of benzene rings is 4. The van der Waals surface area contributed by atoms with Crippen molar-refractivity contribution in [3.05, 3.63) is 112 Å². The molecule has 9 heteroatoms. The second-order valence-electron chi connectivity index (χ2n) is 17.2. The topological polar surface area (TPSA) is 46.2 Å². The molecule has 2 unspecified atom stereocenters. The highest BCUT2D eigenvalue weighted by Crippen LogP contribution is 2.50. The Morgan fingerprint density at radius 1 is 0.556 bits per heavy atom. The van der Waals surface area contributed by atoms with Gasteiger partial charge in [-0.3, -0.25) is 0 Å². The molecule has 0 saturated carbocycles. The van der Waals surface area contributed by atoms with Crippen molar-refractivity contribution in [1.82, 2.24) is 0 Å². The van der Waals surface area contributed by atoms with Gasteiger partial charge < -0.3 is 23.3 Å². The Labute approximate surface area is 344 Å². The Bertz CT molecular complexity index is 2190. The van der Waals surface area contributed by atoms with E-state index in [1.54, 1.807) is 0 Å². The molecule has 2 aliphatic heterocycles. The standard InChI is InChI=1S/C21H25BO2.C15H13Br.C9H19BO3.B/c1-19(2)17-10-8-7-9-15(17)16-12-11-14(13-18(16)19)22-23-20(3,4)21(5,6)24-22;1-15(2)13-6-4-3-5-11(13)12-8-7-10(16)9-14(12)15;1-7(2)11-10-12-8(3,4)9(5,6)13-10;/h7-13H,1-6H3;3-9H,1-2H3;7H,1-6H3;/i2*1D3;;. The van der Waals surface area contributed by atoms with E-state index in [9.17, 15) is 0 Å². The average molecular weight is 796 g/mol. The Kier molecular flexibility index (Phi) is 9.41. The van der Waals surface area contributed by atoms with Crippen LogP contribution in [0.25, 0.3) is 22.3 Å². The predicted molar refractivity (Wildman–Crippen MR) is 229 cm³/mol. The van der Waals surface area contributed by atoms with E-state index in [2.05, 4.69) is 15.9 Å². The quantitative estimate of drug-likeness (QED) is 0.193. The van der Waals surface area contributed by atoms with Gasteiger partial charge in [-0.2, -0.15) is 0 Å². The first-order valence-corrected chi connectivity index (χ1v) is 19.3. The molecule has 2 atom stereocenters. The van der Waals surface area contributed by atoms with Crippen molar-refractivity contribution >= 4 is 44.2 Å². The largest absolute Gasteiger partial charge is 0.640 e. The Morgan fingerprint density at radius 2 is 0.963 bits per heavy atom. The lowest BCUT2D eigenvalue weighted by molar-refractivity contribution is 0.00578. The molecular formula is C45H57B3BrO5. The smallest absolute Gasteiger partial charge is 0.399 e. The second kappa shape index (κ2) is 14.7. The summed E-state index contributed by atoms with van der Waals surface area (Å²) in [7, 11) is -1.03. The van der Waals surface area contributed by atoms with Crippen LogP contribution in [0.3, 0.4) is 0 Å². The van der Waals surface area contributed by atoms with E-state index >= 15 is 0 Å². The van der Waals surface area contributed by atoms with Gasteiger partial charge in [0.15, 0.2) is 0 Å². The highest BCUT2D eigenvalue weighted by molar-refractivity contribution is 9.10. The number of rotatable bonds is 3. The monoisotopic (exact) mass is 795 g/mol. The van der Waals surface area contributed by atoms with Crippen LogP contribution in [0.1, 0.15) is 127 Å². The maximum atomic E-state index is 8.26. The fourth-order valence-corrected chi connectivity index (χ4v) is 7.53. The minimum Gasteiger partial charge on any atom is -0.399 e. The zero-order valence-electron chi connectivity index (χ0n) is 39.8. The van der Waals surface area contributed by atoms with Crippen LogP contribution >= 0.6 is 15.9 Å². The van der Waals surface area contributed by atoms with E-state index in [1.165, 1.54) is 0 Å². The van der Waals surface area contributed by atoms with Gasteiger partial charge in [0, 0.05) is 38.0 Å². The van der Waals surface area contributed by atoms with Crippen molar-refractivity contribution in [2.45, 2.75) is 136 Å². The van der Waals surface area contributed by atoms with Crippen molar-refractivity contribution in [2.24, 2.45) is 0 Å². The molecule has 0 N–H and O–H groups in total. The highest BCUT2D eigenvalue weighted by atomic mass is 79.9. The predicted octanol–water partition coefficient (Wildman–Crippen LogP) is 10.7.